The Morgan fingerprint density at radius 3 is 1.44 bits per heavy atom. The smallest absolute Gasteiger partial charge is 0.781 e. The van der Waals surface area contributed by atoms with Gasteiger partial charge in [0, 0.05) is 0 Å². The predicted octanol–water partition coefficient (Wildman–Crippen LogP) is 1.50. The maximum atomic E-state index is 4.85. The normalized spacial score (nSPS) is 8.00. The second-order valence-electron chi connectivity index (χ2n) is 1.45. The van der Waals surface area contributed by atoms with Gasteiger partial charge in [-0.25, -0.2) is 0 Å². The minimum atomic E-state index is 0. The molecule has 0 nitrogen and oxygen atoms in total. The third kappa shape index (κ3) is 2.50. The Hall–Kier alpha value is 0.179. The summed E-state index contributed by atoms with van der Waals surface area (Å²) >= 11 is 9.70. The molecule has 0 saturated heterocycles. The molecule has 1 radical (unpaired) electrons. The van der Waals surface area contributed by atoms with Crippen LogP contribution in [0.25, 0.3) is 0 Å². The van der Waals surface area contributed by atoms with Gasteiger partial charge >= 0.3 is 17.1 Å². The van der Waals surface area contributed by atoms with E-state index in [2.05, 4.69) is 0 Å². The molecule has 9 heavy (non-hydrogen) atoms. The molecule has 0 aliphatic heterocycles. The Bertz CT molecular complexity index is 167. The fourth-order valence-corrected chi connectivity index (χ4v) is 0.743. The topological polar surface area (TPSA) is 0 Å². The summed E-state index contributed by atoms with van der Waals surface area (Å²) in [6.45, 7) is 0. The van der Waals surface area contributed by atoms with Crippen LogP contribution in [0, 0.1) is 0 Å². The summed E-state index contributed by atoms with van der Waals surface area (Å²) in [4.78, 5) is 1.53. The van der Waals surface area contributed by atoms with Gasteiger partial charge in [0.1, 0.15) is 0 Å². The molecule has 1 aromatic carbocycles. The van der Waals surface area contributed by atoms with Crippen molar-refractivity contribution in [2.45, 2.75) is 9.79 Å². The first-order valence-electron chi connectivity index (χ1n) is 2.24. The third-order valence-electron chi connectivity index (χ3n) is 0.849. The van der Waals surface area contributed by atoms with E-state index < -0.39 is 0 Å². The van der Waals surface area contributed by atoms with Gasteiger partial charge in [0.2, 0.25) is 0 Å². The van der Waals surface area contributed by atoms with Crippen molar-refractivity contribution >= 4 is 25.3 Å². The fraction of sp³-hybridized carbons (Fsp3) is 0. The van der Waals surface area contributed by atoms with Crippen molar-refractivity contribution in [3.8, 4) is 0 Å². The third-order valence-corrected chi connectivity index (χ3v) is 1.69. The average Bonchev–Trinajstić information content (AvgIpc) is 1.77. The van der Waals surface area contributed by atoms with Crippen LogP contribution in [-0.2, 0) is 42.3 Å². The molecule has 0 amide bonds. The molecular formula is C6H4CuS2. The van der Waals surface area contributed by atoms with Crippen molar-refractivity contribution in [3.63, 3.8) is 0 Å². The van der Waals surface area contributed by atoms with E-state index in [1.54, 1.807) is 0 Å². The minimum absolute atomic E-state index is 0. The van der Waals surface area contributed by atoms with Gasteiger partial charge in [0.15, 0.2) is 0 Å². The molecule has 0 unspecified atom stereocenters. The van der Waals surface area contributed by atoms with E-state index in [1.807, 2.05) is 24.3 Å². The monoisotopic (exact) mass is 203 g/mol. The molecule has 1 rings (SSSR count). The SMILES string of the molecule is [Cu+2].[S-]c1ccccc1[S-]. The molecule has 1 aromatic rings. The van der Waals surface area contributed by atoms with Gasteiger partial charge in [-0.05, 0) is 0 Å². The first-order valence-corrected chi connectivity index (χ1v) is 3.05. The first-order chi connectivity index (χ1) is 3.80. The largest absolute Gasteiger partial charge is 2.00 e. The number of hydrogen-bond acceptors (Lipinski definition) is 2. The van der Waals surface area contributed by atoms with Gasteiger partial charge in [0.25, 0.3) is 0 Å². The van der Waals surface area contributed by atoms with Crippen LogP contribution in [0.5, 0.6) is 0 Å². The van der Waals surface area contributed by atoms with Crippen LogP contribution in [0.15, 0.2) is 34.1 Å². The van der Waals surface area contributed by atoms with Crippen molar-refractivity contribution in [2.24, 2.45) is 0 Å². The van der Waals surface area contributed by atoms with Crippen LogP contribution in [-0.4, -0.2) is 0 Å². The van der Waals surface area contributed by atoms with Crippen LogP contribution < -0.4 is 0 Å². The van der Waals surface area contributed by atoms with E-state index >= 15 is 0 Å². The van der Waals surface area contributed by atoms with Crippen molar-refractivity contribution in [3.05, 3.63) is 24.3 Å². The standard InChI is InChI=1S/C6H6S2.Cu/c7-5-3-1-2-4-6(5)8;/h1-4,7-8H;/q;+2/p-2. The maximum absolute atomic E-state index is 4.85. The van der Waals surface area contributed by atoms with Gasteiger partial charge in [-0.3, -0.25) is 0 Å². The molecule has 0 saturated carbocycles. The molecule has 0 aliphatic rings. The zero-order chi connectivity index (χ0) is 5.98. The van der Waals surface area contributed by atoms with Gasteiger partial charge in [-0.1, -0.05) is 24.3 Å². The zero-order valence-electron chi connectivity index (χ0n) is 4.43. The van der Waals surface area contributed by atoms with E-state index in [0.29, 0.717) is 0 Å². The summed E-state index contributed by atoms with van der Waals surface area (Å²) in [5.74, 6) is 0. The number of hydrogen-bond donors (Lipinski definition) is 0. The van der Waals surface area contributed by atoms with E-state index in [-0.39, 0.29) is 17.1 Å². The molecular weight excluding hydrogens is 200 g/mol. The van der Waals surface area contributed by atoms with Gasteiger partial charge < -0.3 is 25.3 Å². The van der Waals surface area contributed by atoms with Crippen molar-refractivity contribution in [1.29, 1.82) is 0 Å². The molecule has 0 aromatic heterocycles. The minimum Gasteiger partial charge on any atom is -0.781 e. The molecule has 0 spiro atoms. The second-order valence-corrected chi connectivity index (χ2v) is 2.33. The second kappa shape index (κ2) is 4.07. The molecule has 0 N–H and O–H groups in total. The van der Waals surface area contributed by atoms with Gasteiger partial charge in [-0.15, -0.1) is 0 Å². The van der Waals surface area contributed by atoms with Crippen LogP contribution in [0.3, 0.4) is 0 Å². The number of rotatable bonds is 0. The predicted molar refractivity (Wildman–Crippen MR) is 37.7 cm³/mol. The van der Waals surface area contributed by atoms with Crippen molar-refractivity contribution < 1.29 is 17.1 Å². The van der Waals surface area contributed by atoms with Crippen LogP contribution >= 0.6 is 0 Å². The summed E-state index contributed by atoms with van der Waals surface area (Å²) in [5.41, 5.74) is 0. The van der Waals surface area contributed by atoms with E-state index in [1.165, 1.54) is 0 Å². The van der Waals surface area contributed by atoms with Crippen molar-refractivity contribution in [2.75, 3.05) is 0 Å². The van der Waals surface area contributed by atoms with Gasteiger partial charge in [0.05, 0.1) is 0 Å². The van der Waals surface area contributed by atoms with Crippen molar-refractivity contribution in [1.82, 2.24) is 0 Å². The summed E-state index contributed by atoms with van der Waals surface area (Å²) in [7, 11) is 0. The summed E-state index contributed by atoms with van der Waals surface area (Å²) in [6.07, 6.45) is 0. The summed E-state index contributed by atoms with van der Waals surface area (Å²) in [6, 6.07) is 7.44. The Kier molecular flexibility index (Phi) is 4.15. The summed E-state index contributed by atoms with van der Waals surface area (Å²) < 4.78 is 0. The Balaban J connectivity index is 0.000000640. The van der Waals surface area contributed by atoms with E-state index in [0.717, 1.165) is 9.79 Å². The van der Waals surface area contributed by atoms with Crippen LogP contribution in [0.1, 0.15) is 0 Å². The fourth-order valence-electron chi connectivity index (χ4n) is 0.450. The molecule has 3 heteroatoms. The van der Waals surface area contributed by atoms with Crippen LogP contribution in [0.2, 0.25) is 0 Å². The number of benzene rings is 1. The van der Waals surface area contributed by atoms with E-state index in [9.17, 15) is 0 Å². The average molecular weight is 204 g/mol. The zero-order valence-corrected chi connectivity index (χ0v) is 7.00. The van der Waals surface area contributed by atoms with Crippen LogP contribution in [0.4, 0.5) is 0 Å². The molecule has 0 atom stereocenters. The molecule has 0 bridgehead atoms. The quantitative estimate of drug-likeness (QED) is 0.463. The molecule has 0 heterocycles. The Morgan fingerprint density at radius 2 is 1.22 bits per heavy atom. The summed E-state index contributed by atoms with van der Waals surface area (Å²) in [5, 5.41) is 0. The van der Waals surface area contributed by atoms with E-state index in [4.69, 9.17) is 25.3 Å². The Labute approximate surface area is 76.3 Å². The molecule has 0 fully saturated rings. The van der Waals surface area contributed by atoms with Gasteiger partial charge in [-0.2, -0.15) is 9.79 Å². The molecule has 0 aliphatic carbocycles. The maximum Gasteiger partial charge on any atom is 2.00 e. The Morgan fingerprint density at radius 1 is 0.889 bits per heavy atom. The first kappa shape index (κ1) is 9.18. The molecule has 51 valence electrons.